The molecule has 2 heterocycles. The number of aromatic nitrogens is 2. The lowest BCUT2D eigenvalue weighted by atomic mass is 10.3. The third kappa shape index (κ3) is 3.01. The summed E-state index contributed by atoms with van der Waals surface area (Å²) in [5.74, 6) is 0. The van der Waals surface area contributed by atoms with E-state index < -0.39 is 10.0 Å². The summed E-state index contributed by atoms with van der Waals surface area (Å²) in [5, 5.41) is 6.60. The van der Waals surface area contributed by atoms with Crippen molar-refractivity contribution in [1.82, 2.24) is 9.78 Å². The second kappa shape index (κ2) is 5.75. The van der Waals surface area contributed by atoms with Crippen LogP contribution in [-0.4, -0.2) is 18.2 Å². The summed E-state index contributed by atoms with van der Waals surface area (Å²) in [6.07, 6.45) is 1.49. The van der Waals surface area contributed by atoms with Crippen molar-refractivity contribution in [2.24, 2.45) is 7.05 Å². The van der Waals surface area contributed by atoms with E-state index in [0.717, 1.165) is 4.88 Å². The van der Waals surface area contributed by atoms with Gasteiger partial charge in [0.2, 0.25) is 0 Å². The molecule has 1 aromatic carbocycles. The van der Waals surface area contributed by atoms with Crippen LogP contribution in [0.5, 0.6) is 0 Å². The third-order valence-electron chi connectivity index (χ3n) is 2.92. The van der Waals surface area contributed by atoms with E-state index in [4.69, 9.17) is 11.6 Å². The molecule has 8 heteroatoms. The minimum absolute atomic E-state index is 0.137. The molecule has 0 radical (unpaired) electrons. The average molecular weight is 354 g/mol. The van der Waals surface area contributed by atoms with Crippen molar-refractivity contribution in [3.63, 3.8) is 0 Å². The maximum Gasteiger partial charge on any atom is 0.265 e. The average Bonchev–Trinajstić information content (AvgIpc) is 3.06. The van der Waals surface area contributed by atoms with Crippen molar-refractivity contribution in [1.29, 1.82) is 0 Å². The van der Waals surface area contributed by atoms with Crippen LogP contribution in [0.25, 0.3) is 10.6 Å². The predicted molar refractivity (Wildman–Crippen MR) is 88.8 cm³/mol. The number of anilines is 1. The molecular weight excluding hydrogens is 342 g/mol. The van der Waals surface area contributed by atoms with Crippen molar-refractivity contribution < 1.29 is 8.42 Å². The molecule has 0 aliphatic carbocycles. The Bertz CT molecular complexity index is 902. The van der Waals surface area contributed by atoms with Crippen molar-refractivity contribution >= 4 is 38.6 Å². The van der Waals surface area contributed by atoms with Gasteiger partial charge in [0.1, 0.15) is 10.6 Å². The van der Waals surface area contributed by atoms with Crippen molar-refractivity contribution in [2.75, 3.05) is 4.72 Å². The Morgan fingerprint density at radius 2 is 2.09 bits per heavy atom. The minimum atomic E-state index is -3.75. The third-order valence-corrected chi connectivity index (χ3v) is 5.41. The molecule has 114 valence electrons. The number of sulfonamides is 1. The highest BCUT2D eigenvalue weighted by Crippen LogP contribution is 2.30. The molecule has 1 N–H and O–H groups in total. The Morgan fingerprint density at radius 1 is 1.27 bits per heavy atom. The Kier molecular flexibility index (Phi) is 3.94. The lowest BCUT2D eigenvalue weighted by Gasteiger charge is -2.07. The van der Waals surface area contributed by atoms with Crippen LogP contribution in [0.1, 0.15) is 0 Å². The highest BCUT2D eigenvalue weighted by atomic mass is 35.5. The number of hydrogen-bond acceptors (Lipinski definition) is 4. The zero-order valence-electron chi connectivity index (χ0n) is 11.5. The van der Waals surface area contributed by atoms with Crippen LogP contribution < -0.4 is 4.72 Å². The number of thiophene rings is 1. The summed E-state index contributed by atoms with van der Waals surface area (Å²) in [4.78, 5) is 0.935. The van der Waals surface area contributed by atoms with E-state index in [2.05, 4.69) is 9.82 Å². The van der Waals surface area contributed by atoms with Crippen LogP contribution in [0.4, 0.5) is 5.69 Å². The van der Waals surface area contributed by atoms with Gasteiger partial charge >= 0.3 is 0 Å². The highest BCUT2D eigenvalue weighted by molar-refractivity contribution is 7.92. The summed E-state index contributed by atoms with van der Waals surface area (Å²) in [6.45, 7) is 0. The molecule has 0 atom stereocenters. The van der Waals surface area contributed by atoms with Gasteiger partial charge < -0.3 is 0 Å². The van der Waals surface area contributed by atoms with Gasteiger partial charge in [-0.2, -0.15) is 5.10 Å². The van der Waals surface area contributed by atoms with Gasteiger partial charge in [0.25, 0.3) is 10.0 Å². The number of nitrogens with zero attached hydrogens (tertiary/aromatic N) is 2. The van der Waals surface area contributed by atoms with Crippen LogP contribution >= 0.6 is 22.9 Å². The molecule has 0 bridgehead atoms. The first-order chi connectivity index (χ1) is 10.5. The van der Waals surface area contributed by atoms with E-state index in [9.17, 15) is 8.42 Å². The number of hydrogen-bond donors (Lipinski definition) is 1. The molecule has 0 aliphatic heterocycles. The lowest BCUT2D eigenvalue weighted by molar-refractivity contribution is 0.601. The smallest absolute Gasteiger partial charge is 0.265 e. The first kappa shape index (κ1) is 15.1. The van der Waals surface area contributed by atoms with Crippen molar-refractivity contribution in [3.8, 4) is 10.6 Å². The molecule has 0 unspecified atom stereocenters. The van der Waals surface area contributed by atoms with E-state index in [0.29, 0.717) is 16.4 Å². The summed E-state index contributed by atoms with van der Waals surface area (Å²) >= 11 is 7.33. The van der Waals surface area contributed by atoms with Gasteiger partial charge in [-0.15, -0.1) is 11.3 Å². The Labute approximate surface area is 137 Å². The fourth-order valence-electron chi connectivity index (χ4n) is 2.01. The number of halogens is 1. The number of aryl methyl sites for hydroxylation is 1. The van der Waals surface area contributed by atoms with Gasteiger partial charge in [-0.05, 0) is 29.6 Å². The van der Waals surface area contributed by atoms with Gasteiger partial charge in [-0.3, -0.25) is 9.40 Å². The van der Waals surface area contributed by atoms with Gasteiger partial charge in [0.05, 0.1) is 10.6 Å². The maximum atomic E-state index is 12.6. The molecule has 0 saturated carbocycles. The van der Waals surface area contributed by atoms with E-state index in [-0.39, 0.29) is 4.90 Å². The molecule has 22 heavy (non-hydrogen) atoms. The quantitative estimate of drug-likeness (QED) is 0.779. The molecule has 0 amide bonds. The first-order valence-electron chi connectivity index (χ1n) is 6.31. The second-order valence-electron chi connectivity index (χ2n) is 4.61. The van der Waals surface area contributed by atoms with Crippen LogP contribution in [0.2, 0.25) is 5.02 Å². The summed E-state index contributed by atoms with van der Waals surface area (Å²) < 4.78 is 29.3. The largest absolute Gasteiger partial charge is 0.279 e. The van der Waals surface area contributed by atoms with Crippen molar-refractivity contribution in [3.05, 3.63) is 53.0 Å². The van der Waals surface area contributed by atoms with Crippen LogP contribution in [0.15, 0.2) is 52.9 Å². The Morgan fingerprint density at radius 3 is 2.77 bits per heavy atom. The second-order valence-corrected chi connectivity index (χ2v) is 7.64. The van der Waals surface area contributed by atoms with Crippen LogP contribution in [0.3, 0.4) is 0 Å². The zero-order valence-corrected chi connectivity index (χ0v) is 13.9. The standard InChI is InChI=1S/C14H12ClN3O2S2/c1-18-9-13(14(16-18)12-6-3-7-21-12)22(19,20)17-11-5-2-4-10(15)8-11/h2-9,17H,1H3. The molecule has 3 rings (SSSR count). The minimum Gasteiger partial charge on any atom is -0.279 e. The Hall–Kier alpha value is -1.83. The fraction of sp³-hybridized carbons (Fsp3) is 0.0714. The maximum absolute atomic E-state index is 12.6. The van der Waals surface area contributed by atoms with Gasteiger partial charge in [-0.25, -0.2) is 8.42 Å². The number of benzene rings is 1. The molecule has 0 saturated heterocycles. The molecule has 5 nitrogen and oxygen atoms in total. The highest BCUT2D eigenvalue weighted by Gasteiger charge is 2.23. The molecule has 0 spiro atoms. The monoisotopic (exact) mass is 353 g/mol. The number of nitrogens with one attached hydrogen (secondary N) is 1. The topological polar surface area (TPSA) is 64.0 Å². The van der Waals surface area contributed by atoms with E-state index in [1.165, 1.54) is 22.2 Å². The molecule has 0 fully saturated rings. The van der Waals surface area contributed by atoms with Crippen molar-refractivity contribution in [2.45, 2.75) is 4.90 Å². The first-order valence-corrected chi connectivity index (χ1v) is 9.06. The van der Waals surface area contributed by atoms with Gasteiger partial charge in [0, 0.05) is 18.3 Å². The molecular formula is C14H12ClN3O2S2. The van der Waals surface area contributed by atoms with E-state index in [1.807, 2.05) is 17.5 Å². The van der Waals surface area contributed by atoms with Crippen LogP contribution in [-0.2, 0) is 17.1 Å². The fourth-order valence-corrected chi connectivity index (χ4v) is 4.23. The predicted octanol–water partition coefficient (Wildman–Crippen LogP) is 3.60. The van der Waals surface area contributed by atoms with E-state index in [1.54, 1.807) is 31.3 Å². The summed E-state index contributed by atoms with van der Waals surface area (Å²) in [5.41, 5.74) is 0.848. The van der Waals surface area contributed by atoms with Gasteiger partial charge in [0.15, 0.2) is 0 Å². The summed E-state index contributed by atoms with van der Waals surface area (Å²) in [7, 11) is -2.06. The lowest BCUT2D eigenvalue weighted by Crippen LogP contribution is -2.13. The van der Waals surface area contributed by atoms with Gasteiger partial charge in [-0.1, -0.05) is 23.7 Å². The zero-order chi connectivity index (χ0) is 15.7. The Balaban J connectivity index is 2.03. The normalized spacial score (nSPS) is 11.5. The number of rotatable bonds is 4. The summed E-state index contributed by atoms with van der Waals surface area (Å²) in [6, 6.07) is 10.3. The molecule has 2 aromatic heterocycles. The van der Waals surface area contributed by atoms with E-state index >= 15 is 0 Å². The van der Waals surface area contributed by atoms with Crippen LogP contribution in [0, 0.1) is 0 Å². The SMILES string of the molecule is Cn1cc(S(=O)(=O)Nc2cccc(Cl)c2)c(-c2cccs2)n1. The molecule has 3 aromatic rings. The molecule has 0 aliphatic rings.